The molecule has 1 saturated carbocycles. The molecule has 18 heavy (non-hydrogen) atoms. The van der Waals surface area contributed by atoms with Crippen molar-refractivity contribution in [2.24, 2.45) is 5.73 Å². The summed E-state index contributed by atoms with van der Waals surface area (Å²) in [7, 11) is 0. The van der Waals surface area contributed by atoms with E-state index in [1.807, 2.05) is 0 Å². The highest BCUT2D eigenvalue weighted by Crippen LogP contribution is 2.32. The van der Waals surface area contributed by atoms with Crippen molar-refractivity contribution in [2.75, 3.05) is 0 Å². The zero-order valence-electron chi connectivity index (χ0n) is 11.1. The Hall–Kier alpha value is -1.28. The van der Waals surface area contributed by atoms with Gasteiger partial charge in [-0.25, -0.2) is 0 Å². The summed E-state index contributed by atoms with van der Waals surface area (Å²) in [6, 6.07) is 10.0. The number of fused-ring (bicyclic) bond motifs is 1. The van der Waals surface area contributed by atoms with Crippen LogP contribution in [0.25, 0.3) is 10.9 Å². The fraction of sp³-hybridized carbons (Fsp3) is 0.500. The predicted molar refractivity (Wildman–Crippen MR) is 76.8 cm³/mol. The Morgan fingerprint density at radius 3 is 2.78 bits per heavy atom. The van der Waals surface area contributed by atoms with E-state index in [0.717, 1.165) is 12.5 Å². The van der Waals surface area contributed by atoms with Crippen LogP contribution in [-0.2, 0) is 6.42 Å². The third kappa shape index (κ3) is 2.17. The van der Waals surface area contributed by atoms with Crippen molar-refractivity contribution in [3.05, 3.63) is 36.0 Å². The highest BCUT2D eigenvalue weighted by molar-refractivity contribution is 5.81. The number of nitrogens with two attached hydrogens (primary N) is 1. The molecule has 1 aromatic carbocycles. The van der Waals surface area contributed by atoms with E-state index in [9.17, 15) is 0 Å². The van der Waals surface area contributed by atoms with Crippen LogP contribution in [0.1, 0.15) is 44.2 Å². The lowest BCUT2D eigenvalue weighted by atomic mass is 10.1. The standard InChI is InChI=1S/C16H22N2/c1-12(17)10-13-6-7-16-14(11-13)8-9-18(16)15-4-2-3-5-15/h6-9,11-12,15H,2-5,10,17H2,1H3. The van der Waals surface area contributed by atoms with Crippen molar-refractivity contribution in [1.82, 2.24) is 4.57 Å². The first kappa shape index (κ1) is 11.8. The van der Waals surface area contributed by atoms with Crippen molar-refractivity contribution in [3.63, 3.8) is 0 Å². The number of hydrogen-bond acceptors (Lipinski definition) is 1. The first-order chi connectivity index (χ1) is 8.74. The molecule has 1 fully saturated rings. The smallest absolute Gasteiger partial charge is 0.0483 e. The van der Waals surface area contributed by atoms with Crippen LogP contribution in [0.3, 0.4) is 0 Å². The monoisotopic (exact) mass is 242 g/mol. The van der Waals surface area contributed by atoms with Crippen LogP contribution in [0.4, 0.5) is 0 Å². The third-order valence-corrected chi connectivity index (χ3v) is 4.06. The van der Waals surface area contributed by atoms with Crippen LogP contribution in [0.5, 0.6) is 0 Å². The Morgan fingerprint density at radius 2 is 2.06 bits per heavy atom. The highest BCUT2D eigenvalue weighted by Gasteiger charge is 2.17. The summed E-state index contributed by atoms with van der Waals surface area (Å²) >= 11 is 0. The number of rotatable bonds is 3. The fourth-order valence-corrected chi connectivity index (χ4v) is 3.21. The molecule has 0 aliphatic heterocycles. The average molecular weight is 242 g/mol. The summed E-state index contributed by atoms with van der Waals surface area (Å²) in [5.41, 5.74) is 8.60. The molecule has 0 spiro atoms. The van der Waals surface area contributed by atoms with Gasteiger partial charge in [-0.2, -0.15) is 0 Å². The van der Waals surface area contributed by atoms with Crippen LogP contribution in [-0.4, -0.2) is 10.6 Å². The van der Waals surface area contributed by atoms with Gasteiger partial charge in [-0.15, -0.1) is 0 Å². The SMILES string of the molecule is CC(N)Cc1ccc2c(ccn2C2CCCC2)c1. The summed E-state index contributed by atoms with van der Waals surface area (Å²) in [4.78, 5) is 0. The lowest BCUT2D eigenvalue weighted by Gasteiger charge is -2.13. The zero-order chi connectivity index (χ0) is 12.5. The lowest BCUT2D eigenvalue weighted by molar-refractivity contribution is 0.536. The quantitative estimate of drug-likeness (QED) is 0.875. The van der Waals surface area contributed by atoms with Gasteiger partial charge in [-0.05, 0) is 55.3 Å². The molecular weight excluding hydrogens is 220 g/mol. The molecule has 1 aromatic heterocycles. The van der Waals surface area contributed by atoms with Gasteiger partial charge in [0.15, 0.2) is 0 Å². The van der Waals surface area contributed by atoms with Crippen LogP contribution in [0.15, 0.2) is 30.5 Å². The van der Waals surface area contributed by atoms with Gasteiger partial charge in [0.25, 0.3) is 0 Å². The molecule has 2 N–H and O–H groups in total. The summed E-state index contributed by atoms with van der Waals surface area (Å²) in [5.74, 6) is 0. The zero-order valence-corrected chi connectivity index (χ0v) is 11.1. The van der Waals surface area contributed by atoms with Gasteiger partial charge in [0.2, 0.25) is 0 Å². The molecule has 2 heteroatoms. The van der Waals surface area contributed by atoms with Gasteiger partial charge in [0.1, 0.15) is 0 Å². The van der Waals surface area contributed by atoms with Crippen LogP contribution in [0.2, 0.25) is 0 Å². The maximum absolute atomic E-state index is 5.87. The second kappa shape index (κ2) is 4.77. The molecule has 0 amide bonds. The van der Waals surface area contributed by atoms with Crippen LogP contribution in [0, 0.1) is 0 Å². The minimum absolute atomic E-state index is 0.236. The van der Waals surface area contributed by atoms with E-state index in [4.69, 9.17) is 5.73 Å². The Kier molecular flexibility index (Phi) is 3.13. The van der Waals surface area contributed by atoms with Gasteiger partial charge in [-0.1, -0.05) is 18.9 Å². The second-order valence-corrected chi connectivity index (χ2v) is 5.74. The van der Waals surface area contributed by atoms with E-state index >= 15 is 0 Å². The summed E-state index contributed by atoms with van der Waals surface area (Å²) in [5, 5.41) is 1.36. The van der Waals surface area contributed by atoms with Crippen molar-refractivity contribution in [2.45, 2.75) is 51.1 Å². The van der Waals surface area contributed by atoms with E-state index in [1.165, 1.54) is 42.1 Å². The number of aromatic nitrogens is 1. The molecule has 2 aromatic rings. The molecule has 1 heterocycles. The first-order valence-electron chi connectivity index (χ1n) is 7.09. The molecule has 1 unspecified atom stereocenters. The molecule has 1 aliphatic carbocycles. The summed E-state index contributed by atoms with van der Waals surface area (Å²) < 4.78 is 2.47. The van der Waals surface area contributed by atoms with Crippen molar-refractivity contribution in [1.29, 1.82) is 0 Å². The molecule has 0 bridgehead atoms. The molecule has 96 valence electrons. The maximum Gasteiger partial charge on any atom is 0.0483 e. The molecule has 1 atom stereocenters. The van der Waals surface area contributed by atoms with E-state index in [0.29, 0.717) is 0 Å². The number of benzene rings is 1. The largest absolute Gasteiger partial charge is 0.344 e. The Labute approximate surface area is 109 Å². The van der Waals surface area contributed by atoms with Gasteiger partial charge in [-0.3, -0.25) is 0 Å². The van der Waals surface area contributed by atoms with Gasteiger partial charge < -0.3 is 10.3 Å². The van der Waals surface area contributed by atoms with E-state index in [1.54, 1.807) is 0 Å². The molecule has 0 radical (unpaired) electrons. The minimum atomic E-state index is 0.236. The fourth-order valence-electron chi connectivity index (χ4n) is 3.21. The van der Waals surface area contributed by atoms with Crippen molar-refractivity contribution >= 4 is 10.9 Å². The summed E-state index contributed by atoms with van der Waals surface area (Å²) in [6.45, 7) is 2.06. The highest BCUT2D eigenvalue weighted by atomic mass is 15.0. The van der Waals surface area contributed by atoms with Gasteiger partial charge in [0, 0.05) is 23.8 Å². The number of nitrogens with zero attached hydrogens (tertiary/aromatic N) is 1. The van der Waals surface area contributed by atoms with E-state index in [2.05, 4.69) is 42.0 Å². The molecule has 1 aliphatic rings. The normalized spacial score (nSPS) is 18.6. The van der Waals surface area contributed by atoms with Crippen molar-refractivity contribution < 1.29 is 0 Å². The minimum Gasteiger partial charge on any atom is -0.344 e. The molecule has 0 saturated heterocycles. The van der Waals surface area contributed by atoms with Crippen LogP contribution >= 0.6 is 0 Å². The van der Waals surface area contributed by atoms with Gasteiger partial charge in [0.05, 0.1) is 0 Å². The topological polar surface area (TPSA) is 30.9 Å². The van der Waals surface area contributed by atoms with Gasteiger partial charge >= 0.3 is 0 Å². The predicted octanol–water partition coefficient (Wildman–Crippen LogP) is 3.65. The molecule has 3 rings (SSSR count). The Morgan fingerprint density at radius 1 is 1.28 bits per heavy atom. The molecular formula is C16H22N2. The third-order valence-electron chi connectivity index (χ3n) is 4.06. The van der Waals surface area contributed by atoms with Crippen molar-refractivity contribution in [3.8, 4) is 0 Å². The summed E-state index contributed by atoms with van der Waals surface area (Å²) in [6.07, 6.45) is 8.66. The lowest BCUT2D eigenvalue weighted by Crippen LogP contribution is -2.17. The number of hydrogen-bond donors (Lipinski definition) is 1. The first-order valence-corrected chi connectivity index (χ1v) is 7.09. The second-order valence-electron chi connectivity index (χ2n) is 5.74. The Balaban J connectivity index is 1.94. The van der Waals surface area contributed by atoms with Crippen LogP contribution < -0.4 is 5.73 Å². The molecule has 2 nitrogen and oxygen atoms in total. The Bertz CT molecular complexity index is 533. The average Bonchev–Trinajstić information content (AvgIpc) is 2.94. The van der Waals surface area contributed by atoms with E-state index < -0.39 is 0 Å². The maximum atomic E-state index is 5.87. The van der Waals surface area contributed by atoms with E-state index in [-0.39, 0.29) is 6.04 Å².